The van der Waals surface area contributed by atoms with Crippen LogP contribution in [0, 0.1) is 12.8 Å². The lowest BCUT2D eigenvalue weighted by Crippen LogP contribution is -2.38. The van der Waals surface area contributed by atoms with Gasteiger partial charge < -0.3 is 15.0 Å². The number of nitrogens with one attached hydrogen (secondary N) is 1. The standard InChI is InChI=1S/C22H26N2O3/c1-15(2)22(26)24-11-10-17-6-7-19(12-18(17)13-24)23-21(25)14-27-20-8-4-16(3)5-9-20/h4-9,12,15H,10-11,13-14H2,1-3H3,(H,23,25). The molecule has 3 rings (SSSR count). The van der Waals surface area contributed by atoms with Crippen LogP contribution in [0.2, 0.25) is 0 Å². The van der Waals surface area contributed by atoms with Gasteiger partial charge in [-0.2, -0.15) is 0 Å². The van der Waals surface area contributed by atoms with E-state index >= 15 is 0 Å². The van der Waals surface area contributed by atoms with Gasteiger partial charge in [0.15, 0.2) is 6.61 Å². The van der Waals surface area contributed by atoms with E-state index in [1.807, 2.05) is 68.1 Å². The fourth-order valence-corrected chi connectivity index (χ4v) is 3.17. The molecule has 1 aliphatic heterocycles. The molecule has 142 valence electrons. The van der Waals surface area contributed by atoms with Crippen LogP contribution in [0.1, 0.15) is 30.5 Å². The molecule has 0 saturated carbocycles. The first kappa shape index (κ1) is 19.0. The van der Waals surface area contributed by atoms with Crippen LogP contribution in [0.5, 0.6) is 5.75 Å². The molecule has 5 heteroatoms. The van der Waals surface area contributed by atoms with Gasteiger partial charge in [0.2, 0.25) is 5.91 Å². The van der Waals surface area contributed by atoms with Gasteiger partial charge in [0.1, 0.15) is 5.75 Å². The van der Waals surface area contributed by atoms with E-state index in [1.165, 1.54) is 5.56 Å². The maximum atomic E-state index is 12.3. The van der Waals surface area contributed by atoms with E-state index in [9.17, 15) is 9.59 Å². The Morgan fingerprint density at radius 1 is 1.11 bits per heavy atom. The minimum atomic E-state index is -0.207. The van der Waals surface area contributed by atoms with Crippen LogP contribution in [-0.4, -0.2) is 29.9 Å². The Kier molecular flexibility index (Phi) is 5.79. The monoisotopic (exact) mass is 366 g/mol. The number of benzene rings is 2. The lowest BCUT2D eigenvalue weighted by Gasteiger charge is -2.30. The Balaban J connectivity index is 1.59. The van der Waals surface area contributed by atoms with Gasteiger partial charge in [-0.1, -0.05) is 37.6 Å². The lowest BCUT2D eigenvalue weighted by molar-refractivity contribution is -0.135. The molecule has 2 aromatic rings. The first-order valence-electron chi connectivity index (χ1n) is 9.32. The largest absolute Gasteiger partial charge is 0.484 e. The van der Waals surface area contributed by atoms with Crippen molar-refractivity contribution in [1.82, 2.24) is 4.90 Å². The van der Waals surface area contributed by atoms with Gasteiger partial charge in [0.05, 0.1) is 0 Å². The molecule has 0 radical (unpaired) electrons. The molecule has 2 amide bonds. The number of ether oxygens (including phenoxy) is 1. The van der Waals surface area contributed by atoms with Crippen molar-refractivity contribution < 1.29 is 14.3 Å². The highest BCUT2D eigenvalue weighted by atomic mass is 16.5. The van der Waals surface area contributed by atoms with Crippen molar-refractivity contribution in [3.8, 4) is 5.75 Å². The first-order chi connectivity index (χ1) is 12.9. The minimum absolute atomic E-state index is 0.00615. The number of aryl methyl sites for hydroxylation is 1. The molecule has 1 heterocycles. The smallest absolute Gasteiger partial charge is 0.262 e. The Labute approximate surface area is 160 Å². The van der Waals surface area contributed by atoms with E-state index in [2.05, 4.69) is 5.32 Å². The predicted octanol–water partition coefficient (Wildman–Crippen LogP) is 3.55. The summed E-state index contributed by atoms with van der Waals surface area (Å²) in [4.78, 5) is 26.3. The summed E-state index contributed by atoms with van der Waals surface area (Å²) >= 11 is 0. The maximum absolute atomic E-state index is 12.3. The average molecular weight is 366 g/mol. The van der Waals surface area contributed by atoms with Crippen LogP contribution in [0.15, 0.2) is 42.5 Å². The summed E-state index contributed by atoms with van der Waals surface area (Å²) in [6, 6.07) is 13.5. The van der Waals surface area contributed by atoms with Gasteiger partial charge in [0.25, 0.3) is 5.91 Å². The molecule has 0 unspecified atom stereocenters. The fourth-order valence-electron chi connectivity index (χ4n) is 3.17. The summed E-state index contributed by atoms with van der Waals surface area (Å²) in [6.45, 7) is 7.14. The summed E-state index contributed by atoms with van der Waals surface area (Å²) in [5.41, 5.74) is 4.19. The van der Waals surface area contributed by atoms with Crippen LogP contribution in [0.25, 0.3) is 0 Å². The third-order valence-corrected chi connectivity index (χ3v) is 4.70. The average Bonchev–Trinajstić information content (AvgIpc) is 2.66. The summed E-state index contributed by atoms with van der Waals surface area (Å²) < 4.78 is 5.52. The number of carbonyl (C=O) groups is 2. The number of fused-ring (bicyclic) bond motifs is 1. The number of hydrogen-bond acceptors (Lipinski definition) is 3. The Hall–Kier alpha value is -2.82. The molecule has 1 N–H and O–H groups in total. The number of nitrogens with zero attached hydrogens (tertiary/aromatic N) is 1. The molecule has 0 fully saturated rings. The highest BCUT2D eigenvalue weighted by Gasteiger charge is 2.22. The molecule has 27 heavy (non-hydrogen) atoms. The predicted molar refractivity (Wildman–Crippen MR) is 106 cm³/mol. The van der Waals surface area contributed by atoms with Crippen LogP contribution >= 0.6 is 0 Å². The maximum Gasteiger partial charge on any atom is 0.262 e. The van der Waals surface area contributed by atoms with Crippen LogP contribution in [0.4, 0.5) is 5.69 Å². The summed E-state index contributed by atoms with van der Waals surface area (Å²) in [7, 11) is 0. The van der Waals surface area contributed by atoms with E-state index in [0.29, 0.717) is 12.3 Å². The lowest BCUT2D eigenvalue weighted by atomic mass is 9.98. The molecule has 0 aliphatic carbocycles. The summed E-state index contributed by atoms with van der Waals surface area (Å²) in [5, 5.41) is 2.87. The van der Waals surface area contributed by atoms with E-state index < -0.39 is 0 Å². The summed E-state index contributed by atoms with van der Waals surface area (Å²) in [6.07, 6.45) is 0.846. The number of anilines is 1. The highest BCUT2D eigenvalue weighted by Crippen LogP contribution is 2.24. The molecule has 2 aromatic carbocycles. The fraction of sp³-hybridized carbons (Fsp3) is 0.364. The normalized spacial score (nSPS) is 13.3. The van der Waals surface area contributed by atoms with Gasteiger partial charge in [-0.3, -0.25) is 9.59 Å². The number of hydrogen-bond donors (Lipinski definition) is 1. The van der Waals surface area contributed by atoms with Crippen molar-refractivity contribution in [3.63, 3.8) is 0 Å². The van der Waals surface area contributed by atoms with E-state index in [1.54, 1.807) is 0 Å². The van der Waals surface area contributed by atoms with Gasteiger partial charge in [-0.25, -0.2) is 0 Å². The van der Waals surface area contributed by atoms with Crippen molar-refractivity contribution in [2.45, 2.75) is 33.7 Å². The van der Waals surface area contributed by atoms with Gasteiger partial charge >= 0.3 is 0 Å². The quantitative estimate of drug-likeness (QED) is 0.880. The molecule has 0 atom stereocenters. The summed E-state index contributed by atoms with van der Waals surface area (Å²) in [5.74, 6) is 0.625. The molecular formula is C22H26N2O3. The topological polar surface area (TPSA) is 58.6 Å². The zero-order valence-corrected chi connectivity index (χ0v) is 16.1. The molecule has 0 aromatic heterocycles. The molecule has 0 spiro atoms. The molecule has 0 saturated heterocycles. The minimum Gasteiger partial charge on any atom is -0.484 e. The third-order valence-electron chi connectivity index (χ3n) is 4.70. The second-order valence-corrected chi connectivity index (χ2v) is 7.30. The van der Waals surface area contributed by atoms with Gasteiger partial charge in [0, 0.05) is 24.7 Å². The van der Waals surface area contributed by atoms with Gasteiger partial charge in [-0.05, 0) is 48.7 Å². The van der Waals surface area contributed by atoms with Crippen molar-refractivity contribution >= 4 is 17.5 Å². The molecule has 5 nitrogen and oxygen atoms in total. The molecular weight excluding hydrogens is 340 g/mol. The number of carbonyl (C=O) groups excluding carboxylic acids is 2. The van der Waals surface area contributed by atoms with Crippen LogP contribution in [0.3, 0.4) is 0 Å². The molecule has 1 aliphatic rings. The zero-order chi connectivity index (χ0) is 19.4. The van der Waals surface area contributed by atoms with E-state index in [4.69, 9.17) is 4.74 Å². The van der Waals surface area contributed by atoms with Crippen molar-refractivity contribution in [1.29, 1.82) is 0 Å². The van der Waals surface area contributed by atoms with Crippen LogP contribution in [-0.2, 0) is 22.6 Å². The van der Waals surface area contributed by atoms with Gasteiger partial charge in [-0.15, -0.1) is 0 Å². The highest BCUT2D eigenvalue weighted by molar-refractivity contribution is 5.92. The second kappa shape index (κ2) is 8.25. The second-order valence-electron chi connectivity index (χ2n) is 7.30. The SMILES string of the molecule is Cc1ccc(OCC(=O)Nc2ccc3c(c2)CN(C(=O)C(C)C)CC3)cc1. The Morgan fingerprint density at radius 2 is 1.85 bits per heavy atom. The number of amides is 2. The van der Waals surface area contributed by atoms with E-state index in [0.717, 1.165) is 29.8 Å². The Morgan fingerprint density at radius 3 is 2.56 bits per heavy atom. The van der Waals surface area contributed by atoms with Crippen molar-refractivity contribution in [3.05, 3.63) is 59.2 Å². The first-order valence-corrected chi connectivity index (χ1v) is 9.32. The van der Waals surface area contributed by atoms with Crippen LogP contribution < -0.4 is 10.1 Å². The zero-order valence-electron chi connectivity index (χ0n) is 16.1. The van der Waals surface area contributed by atoms with Crippen molar-refractivity contribution in [2.75, 3.05) is 18.5 Å². The Bertz CT molecular complexity index is 828. The third kappa shape index (κ3) is 4.88. The number of rotatable bonds is 5. The van der Waals surface area contributed by atoms with Crippen molar-refractivity contribution in [2.24, 2.45) is 5.92 Å². The van der Waals surface area contributed by atoms with E-state index in [-0.39, 0.29) is 24.3 Å². The molecule has 0 bridgehead atoms.